The first-order valence-electron chi connectivity index (χ1n) is 8.81. The van der Waals surface area contributed by atoms with Crippen LogP contribution in [0, 0.1) is 31.0 Å². The third-order valence-electron chi connectivity index (χ3n) is 4.51. The number of amides is 1. The zero-order chi connectivity index (χ0) is 21.0. The van der Waals surface area contributed by atoms with Crippen molar-refractivity contribution < 1.29 is 13.9 Å². The molecule has 1 heterocycles. The Morgan fingerprint density at radius 3 is 2.55 bits per heavy atom. The molecule has 0 atom stereocenters. The molecule has 0 saturated carbocycles. The number of benzene rings is 2. The molecule has 0 aliphatic rings. The first-order chi connectivity index (χ1) is 13.9. The van der Waals surface area contributed by atoms with Gasteiger partial charge in [-0.1, -0.05) is 0 Å². The predicted octanol–water partition coefficient (Wildman–Crippen LogP) is 3.88. The highest BCUT2D eigenvalue weighted by Gasteiger charge is 2.12. The summed E-state index contributed by atoms with van der Waals surface area (Å²) < 4.78 is 21.2. The van der Waals surface area contributed by atoms with Crippen LogP contribution < -0.4 is 10.2 Å². The Labute approximate surface area is 167 Å². The Bertz CT molecular complexity index is 1120. The smallest absolute Gasteiger partial charge is 0.274 e. The number of hydrogen-bond donors (Lipinski definition) is 1. The summed E-state index contributed by atoms with van der Waals surface area (Å²) in [5, 5.41) is 12.7. The molecular formula is C22H19FN4O2. The number of ether oxygens (including phenoxy) is 1. The maximum atomic E-state index is 13.9. The number of nitrogens with one attached hydrogen (secondary N) is 1. The summed E-state index contributed by atoms with van der Waals surface area (Å²) in [4.78, 5) is 12.1. The minimum absolute atomic E-state index is 0.147. The molecule has 0 saturated heterocycles. The van der Waals surface area contributed by atoms with Crippen molar-refractivity contribution in [1.29, 1.82) is 5.26 Å². The van der Waals surface area contributed by atoms with Crippen molar-refractivity contribution in [3.05, 3.63) is 82.4 Å². The van der Waals surface area contributed by atoms with Crippen LogP contribution in [-0.2, 0) is 0 Å². The van der Waals surface area contributed by atoms with Crippen molar-refractivity contribution >= 4 is 12.1 Å². The largest absolute Gasteiger partial charge is 0.497 e. The van der Waals surface area contributed by atoms with Gasteiger partial charge in [-0.15, -0.1) is 0 Å². The number of nitrogens with zero attached hydrogens (tertiary/aromatic N) is 3. The standard InChI is InChI=1S/C22H19FN4O2/c1-14-10-17(15(2)27(14)18-5-7-19(29-3)8-6-18)13-25-26-22(28)20-9-4-16(12-24)11-21(20)23/h4-11,13H,1-3H3,(H,26,28)/b25-13+. The molecule has 2 aromatic carbocycles. The van der Waals surface area contributed by atoms with Crippen LogP contribution in [0.5, 0.6) is 5.75 Å². The Balaban J connectivity index is 1.77. The molecule has 6 nitrogen and oxygen atoms in total. The molecule has 29 heavy (non-hydrogen) atoms. The summed E-state index contributed by atoms with van der Waals surface area (Å²) in [7, 11) is 1.62. The molecule has 146 valence electrons. The van der Waals surface area contributed by atoms with Crippen molar-refractivity contribution in [1.82, 2.24) is 9.99 Å². The van der Waals surface area contributed by atoms with Gasteiger partial charge in [-0.25, -0.2) is 9.82 Å². The van der Waals surface area contributed by atoms with E-state index in [-0.39, 0.29) is 11.1 Å². The lowest BCUT2D eigenvalue weighted by atomic mass is 10.1. The number of methoxy groups -OCH3 is 1. The van der Waals surface area contributed by atoms with Crippen molar-refractivity contribution in [2.45, 2.75) is 13.8 Å². The minimum atomic E-state index is -0.769. The molecule has 0 aliphatic heterocycles. The van der Waals surface area contributed by atoms with Gasteiger partial charge in [-0.3, -0.25) is 4.79 Å². The summed E-state index contributed by atoms with van der Waals surface area (Å²) in [6, 6.07) is 15.1. The van der Waals surface area contributed by atoms with E-state index in [0.29, 0.717) is 0 Å². The van der Waals surface area contributed by atoms with E-state index in [0.717, 1.165) is 34.5 Å². The van der Waals surface area contributed by atoms with Gasteiger partial charge in [0.15, 0.2) is 0 Å². The quantitative estimate of drug-likeness (QED) is 0.530. The Hall–Kier alpha value is -3.92. The molecule has 0 radical (unpaired) electrons. The van der Waals surface area contributed by atoms with Crippen LogP contribution in [0.1, 0.15) is 32.9 Å². The minimum Gasteiger partial charge on any atom is -0.497 e. The van der Waals surface area contributed by atoms with E-state index in [4.69, 9.17) is 10.00 Å². The highest BCUT2D eigenvalue weighted by atomic mass is 19.1. The van der Waals surface area contributed by atoms with Crippen molar-refractivity contribution in [2.24, 2.45) is 5.10 Å². The van der Waals surface area contributed by atoms with Gasteiger partial charge in [-0.2, -0.15) is 10.4 Å². The van der Waals surface area contributed by atoms with Gasteiger partial charge in [0, 0.05) is 22.6 Å². The average molecular weight is 390 g/mol. The lowest BCUT2D eigenvalue weighted by molar-refractivity contribution is 0.0951. The molecule has 7 heteroatoms. The number of rotatable bonds is 5. The lowest BCUT2D eigenvalue weighted by Crippen LogP contribution is -2.19. The fourth-order valence-corrected chi connectivity index (χ4v) is 3.04. The number of halogens is 1. The molecule has 1 amide bonds. The zero-order valence-electron chi connectivity index (χ0n) is 16.2. The second-order valence-electron chi connectivity index (χ2n) is 6.37. The van der Waals surface area contributed by atoms with Gasteiger partial charge in [0.05, 0.1) is 30.5 Å². The number of nitriles is 1. The van der Waals surface area contributed by atoms with Crippen LogP contribution in [0.25, 0.3) is 5.69 Å². The highest BCUT2D eigenvalue weighted by molar-refractivity contribution is 5.95. The molecule has 1 N–H and O–H groups in total. The van der Waals surface area contributed by atoms with Gasteiger partial charge in [0.2, 0.25) is 0 Å². The van der Waals surface area contributed by atoms with Crippen molar-refractivity contribution in [3.63, 3.8) is 0 Å². The summed E-state index contributed by atoms with van der Waals surface area (Å²) in [6.07, 6.45) is 1.52. The van der Waals surface area contributed by atoms with Gasteiger partial charge in [0.25, 0.3) is 5.91 Å². The first kappa shape index (κ1) is 19.8. The third kappa shape index (κ3) is 4.17. The number of hydrazone groups is 1. The summed E-state index contributed by atoms with van der Waals surface area (Å²) in [5.41, 5.74) is 6.02. The van der Waals surface area contributed by atoms with Crippen LogP contribution in [0.15, 0.2) is 53.6 Å². The topological polar surface area (TPSA) is 79.4 Å². The molecule has 0 spiro atoms. The number of hydrogen-bond acceptors (Lipinski definition) is 4. The van der Waals surface area contributed by atoms with Crippen LogP contribution in [-0.4, -0.2) is 23.8 Å². The molecule has 0 unspecified atom stereocenters. The van der Waals surface area contributed by atoms with Gasteiger partial charge in [0.1, 0.15) is 11.6 Å². The van der Waals surface area contributed by atoms with Gasteiger partial charge >= 0.3 is 0 Å². The predicted molar refractivity (Wildman–Crippen MR) is 108 cm³/mol. The average Bonchev–Trinajstić information content (AvgIpc) is 3.01. The van der Waals surface area contributed by atoms with Crippen LogP contribution in [0.3, 0.4) is 0 Å². The lowest BCUT2D eigenvalue weighted by Gasteiger charge is -2.10. The van der Waals surface area contributed by atoms with E-state index >= 15 is 0 Å². The van der Waals surface area contributed by atoms with E-state index in [2.05, 4.69) is 15.1 Å². The number of aromatic nitrogens is 1. The summed E-state index contributed by atoms with van der Waals surface area (Å²) in [5.74, 6) is -0.683. The van der Waals surface area contributed by atoms with Crippen molar-refractivity contribution in [3.8, 4) is 17.5 Å². The molecule has 0 aliphatic carbocycles. The Kier molecular flexibility index (Phi) is 5.74. The van der Waals surface area contributed by atoms with Gasteiger partial charge in [-0.05, 0) is 62.4 Å². The Morgan fingerprint density at radius 2 is 1.93 bits per heavy atom. The molecule has 3 aromatic rings. The number of aryl methyl sites for hydroxylation is 1. The van der Waals surface area contributed by atoms with Crippen LogP contribution >= 0.6 is 0 Å². The molecule has 0 bridgehead atoms. The fraction of sp³-hybridized carbons (Fsp3) is 0.136. The first-order valence-corrected chi connectivity index (χ1v) is 8.81. The molecule has 3 rings (SSSR count). The Morgan fingerprint density at radius 1 is 1.21 bits per heavy atom. The summed E-state index contributed by atoms with van der Waals surface area (Å²) >= 11 is 0. The molecule has 1 aromatic heterocycles. The SMILES string of the molecule is COc1ccc(-n2c(C)cc(/C=N/NC(=O)c3ccc(C#N)cc3F)c2C)cc1. The van der Waals surface area contributed by atoms with E-state index < -0.39 is 11.7 Å². The molecular weight excluding hydrogens is 371 g/mol. The van der Waals surface area contributed by atoms with Gasteiger partial charge < -0.3 is 9.30 Å². The molecule has 0 fully saturated rings. The summed E-state index contributed by atoms with van der Waals surface area (Å²) in [6.45, 7) is 3.92. The third-order valence-corrected chi connectivity index (χ3v) is 4.51. The highest BCUT2D eigenvalue weighted by Crippen LogP contribution is 2.22. The van der Waals surface area contributed by atoms with E-state index in [1.165, 1.54) is 18.3 Å². The maximum absolute atomic E-state index is 13.9. The monoisotopic (exact) mass is 390 g/mol. The fourth-order valence-electron chi connectivity index (χ4n) is 3.04. The second-order valence-corrected chi connectivity index (χ2v) is 6.37. The van der Waals surface area contributed by atoms with Crippen LogP contribution in [0.2, 0.25) is 0 Å². The van der Waals surface area contributed by atoms with Crippen LogP contribution in [0.4, 0.5) is 4.39 Å². The zero-order valence-corrected chi connectivity index (χ0v) is 16.2. The maximum Gasteiger partial charge on any atom is 0.274 e. The second kappa shape index (κ2) is 8.40. The number of carbonyl (C=O) groups excluding carboxylic acids is 1. The van der Waals surface area contributed by atoms with E-state index in [1.54, 1.807) is 7.11 Å². The van der Waals surface area contributed by atoms with Crippen molar-refractivity contribution in [2.75, 3.05) is 7.11 Å². The van der Waals surface area contributed by atoms with E-state index in [9.17, 15) is 9.18 Å². The van der Waals surface area contributed by atoms with E-state index in [1.807, 2.05) is 50.2 Å². The number of carbonyl (C=O) groups is 1. The normalized spacial score (nSPS) is 10.7.